The van der Waals surface area contributed by atoms with Gasteiger partial charge in [0.2, 0.25) is 5.89 Å². The van der Waals surface area contributed by atoms with Crippen molar-refractivity contribution >= 4 is 43.8 Å². The van der Waals surface area contributed by atoms with Crippen LogP contribution >= 0.6 is 0 Å². The van der Waals surface area contributed by atoms with Crippen LogP contribution in [0.15, 0.2) is 167 Å². The third kappa shape index (κ3) is 4.65. The monoisotopic (exact) mass is 642 g/mol. The Bertz CT molecular complexity index is 2840. The van der Waals surface area contributed by atoms with Gasteiger partial charge in [-0.25, -0.2) is 19.9 Å². The number of para-hydroxylation sites is 1. The molecule has 0 aliphatic carbocycles. The first kappa shape index (κ1) is 28.1. The molecule has 0 saturated carbocycles. The molecule has 0 aliphatic rings. The lowest BCUT2D eigenvalue weighted by Gasteiger charge is -2.11. The van der Waals surface area contributed by atoms with Crippen molar-refractivity contribution in [2.45, 2.75) is 0 Å². The molecule has 10 aromatic rings. The molecular weight excluding hydrogens is 617 g/mol. The number of nitrogens with zero attached hydrogens (tertiary/aromatic N) is 4. The largest absolute Gasteiger partial charge is 0.456 e. The fraction of sp³-hybridized carbons (Fsp3) is 0. The van der Waals surface area contributed by atoms with Gasteiger partial charge < -0.3 is 8.83 Å². The Hall–Kier alpha value is -6.92. The van der Waals surface area contributed by atoms with E-state index in [0.29, 0.717) is 34.5 Å². The minimum Gasteiger partial charge on any atom is -0.456 e. The third-order valence-corrected chi connectivity index (χ3v) is 9.17. The van der Waals surface area contributed by atoms with Crippen molar-refractivity contribution in [2.75, 3.05) is 0 Å². The summed E-state index contributed by atoms with van der Waals surface area (Å²) in [5.74, 6) is 2.26. The highest BCUT2D eigenvalue weighted by molar-refractivity contribution is 6.27. The smallest absolute Gasteiger partial charge is 0.227 e. The van der Waals surface area contributed by atoms with Crippen LogP contribution in [0.25, 0.3) is 101 Å². The highest BCUT2D eigenvalue weighted by atomic mass is 16.3. The Balaban J connectivity index is 1.25. The van der Waals surface area contributed by atoms with E-state index in [1.165, 1.54) is 0 Å². The summed E-state index contributed by atoms with van der Waals surface area (Å²) in [4.78, 5) is 20.3. The molecule has 0 N–H and O–H groups in total. The number of hydrogen-bond acceptors (Lipinski definition) is 6. The summed E-state index contributed by atoms with van der Waals surface area (Å²) in [6, 6.07) is 52.9. The van der Waals surface area contributed by atoms with Crippen molar-refractivity contribution in [1.29, 1.82) is 0 Å². The zero-order valence-electron chi connectivity index (χ0n) is 26.6. The van der Waals surface area contributed by atoms with Crippen molar-refractivity contribution in [3.05, 3.63) is 158 Å². The maximum absolute atomic E-state index is 6.61. The Labute approximate surface area is 286 Å². The molecule has 0 bridgehead atoms. The number of hydrogen-bond donors (Lipinski definition) is 0. The minimum absolute atomic E-state index is 0.545. The average Bonchev–Trinajstić information content (AvgIpc) is 3.80. The summed E-state index contributed by atoms with van der Waals surface area (Å²) < 4.78 is 13.0. The van der Waals surface area contributed by atoms with Crippen molar-refractivity contribution in [2.24, 2.45) is 0 Å². The van der Waals surface area contributed by atoms with Gasteiger partial charge in [-0.15, -0.1) is 0 Å². The molecule has 0 amide bonds. The predicted molar refractivity (Wildman–Crippen MR) is 199 cm³/mol. The normalized spacial score (nSPS) is 11.6. The van der Waals surface area contributed by atoms with Gasteiger partial charge in [-0.3, -0.25) is 0 Å². The first-order chi connectivity index (χ1) is 24.8. The van der Waals surface area contributed by atoms with Crippen molar-refractivity contribution < 1.29 is 8.83 Å². The average molecular weight is 643 g/mol. The summed E-state index contributed by atoms with van der Waals surface area (Å²) in [6.07, 6.45) is 0. The first-order valence-corrected chi connectivity index (χ1v) is 16.5. The number of furan rings is 1. The second kappa shape index (κ2) is 11.4. The van der Waals surface area contributed by atoms with Crippen LogP contribution in [-0.4, -0.2) is 19.9 Å². The van der Waals surface area contributed by atoms with E-state index < -0.39 is 0 Å². The lowest BCUT2D eigenvalue weighted by molar-refractivity contribution is 0.623. The second-order valence-electron chi connectivity index (χ2n) is 12.2. The third-order valence-electron chi connectivity index (χ3n) is 9.17. The van der Waals surface area contributed by atoms with Crippen molar-refractivity contribution in [3.63, 3.8) is 0 Å². The molecule has 0 saturated heterocycles. The summed E-state index contributed by atoms with van der Waals surface area (Å²) >= 11 is 0. The molecule has 10 rings (SSSR count). The van der Waals surface area contributed by atoms with E-state index in [2.05, 4.69) is 48.5 Å². The fourth-order valence-electron chi connectivity index (χ4n) is 6.77. The summed E-state index contributed by atoms with van der Waals surface area (Å²) in [7, 11) is 0. The molecule has 0 radical (unpaired) electrons. The molecule has 7 aromatic carbocycles. The number of fused-ring (bicyclic) bond motifs is 7. The van der Waals surface area contributed by atoms with E-state index in [1.54, 1.807) is 0 Å². The van der Waals surface area contributed by atoms with Crippen LogP contribution in [0.3, 0.4) is 0 Å². The number of benzene rings is 7. The molecule has 3 heterocycles. The fourth-order valence-corrected chi connectivity index (χ4v) is 6.77. The molecule has 6 heteroatoms. The first-order valence-electron chi connectivity index (χ1n) is 16.5. The van der Waals surface area contributed by atoms with Crippen LogP contribution in [-0.2, 0) is 0 Å². The van der Waals surface area contributed by atoms with E-state index in [9.17, 15) is 0 Å². The zero-order valence-corrected chi connectivity index (χ0v) is 26.6. The minimum atomic E-state index is 0.545. The van der Waals surface area contributed by atoms with Crippen LogP contribution in [0.2, 0.25) is 0 Å². The Morgan fingerprint density at radius 1 is 0.360 bits per heavy atom. The van der Waals surface area contributed by atoms with Gasteiger partial charge in [0, 0.05) is 38.4 Å². The standard InChI is InChI=1S/C44H26N4O2/c1-4-12-27(13-5-1)28-20-22-30(23-21-28)42-46-41(29-14-6-2-7-15-29)47-43(48-42)34-26-35-40(50-44(45-35)31-16-8-3-9-17-31)39-32(34)24-25-37-38(39)33-18-10-11-19-36(33)49-37/h1-26H. The van der Waals surface area contributed by atoms with E-state index in [0.717, 1.165) is 66.1 Å². The molecular formula is C44H26N4O2. The topological polar surface area (TPSA) is 77.8 Å². The number of oxazole rings is 1. The molecule has 0 aliphatic heterocycles. The zero-order chi connectivity index (χ0) is 33.0. The Morgan fingerprint density at radius 2 is 0.920 bits per heavy atom. The van der Waals surface area contributed by atoms with E-state index in [1.807, 2.05) is 109 Å². The summed E-state index contributed by atoms with van der Waals surface area (Å²) in [6.45, 7) is 0. The molecule has 3 aromatic heterocycles. The Morgan fingerprint density at radius 3 is 1.64 bits per heavy atom. The quantitative estimate of drug-likeness (QED) is 0.186. The molecule has 0 fully saturated rings. The van der Waals surface area contributed by atoms with Gasteiger partial charge in [-0.2, -0.15) is 0 Å². The van der Waals surface area contributed by atoms with Gasteiger partial charge in [-0.05, 0) is 52.9 Å². The maximum atomic E-state index is 6.61. The molecule has 50 heavy (non-hydrogen) atoms. The molecule has 0 spiro atoms. The molecule has 0 unspecified atom stereocenters. The highest BCUT2D eigenvalue weighted by Crippen LogP contribution is 2.43. The second-order valence-corrected chi connectivity index (χ2v) is 12.2. The van der Waals surface area contributed by atoms with Crippen LogP contribution in [0.4, 0.5) is 0 Å². The van der Waals surface area contributed by atoms with Crippen molar-refractivity contribution in [3.8, 4) is 56.7 Å². The van der Waals surface area contributed by atoms with Crippen LogP contribution in [0.1, 0.15) is 0 Å². The lowest BCUT2D eigenvalue weighted by atomic mass is 9.98. The molecule has 0 atom stereocenters. The van der Waals surface area contributed by atoms with Gasteiger partial charge in [0.05, 0.1) is 0 Å². The summed E-state index contributed by atoms with van der Waals surface area (Å²) in [5, 5.41) is 3.81. The molecule has 234 valence electrons. The van der Waals surface area contributed by atoms with Crippen molar-refractivity contribution in [1.82, 2.24) is 19.9 Å². The van der Waals surface area contributed by atoms with Crippen LogP contribution < -0.4 is 0 Å². The molecule has 6 nitrogen and oxygen atoms in total. The van der Waals surface area contributed by atoms with Crippen LogP contribution in [0, 0.1) is 0 Å². The predicted octanol–water partition coefficient (Wildman–Crippen LogP) is 11.4. The van der Waals surface area contributed by atoms with Gasteiger partial charge in [0.15, 0.2) is 23.1 Å². The lowest BCUT2D eigenvalue weighted by Crippen LogP contribution is -2.00. The van der Waals surface area contributed by atoms with Gasteiger partial charge >= 0.3 is 0 Å². The van der Waals surface area contributed by atoms with E-state index in [4.69, 9.17) is 28.8 Å². The van der Waals surface area contributed by atoms with E-state index >= 15 is 0 Å². The van der Waals surface area contributed by atoms with Gasteiger partial charge in [-0.1, -0.05) is 121 Å². The number of rotatable bonds is 5. The Kier molecular flexibility index (Phi) is 6.39. The maximum Gasteiger partial charge on any atom is 0.227 e. The van der Waals surface area contributed by atoms with Crippen LogP contribution in [0.5, 0.6) is 0 Å². The SMILES string of the molecule is c1ccc(-c2ccc(-c3nc(-c4ccccc4)nc(-c4cc5nc(-c6ccccc6)oc5c5c4ccc4oc6ccccc6c45)n3)cc2)cc1. The van der Waals surface area contributed by atoms with E-state index in [-0.39, 0.29) is 0 Å². The summed E-state index contributed by atoms with van der Waals surface area (Å²) in [5.41, 5.74) is 8.78. The van der Waals surface area contributed by atoms with Gasteiger partial charge in [0.1, 0.15) is 16.7 Å². The van der Waals surface area contributed by atoms with Gasteiger partial charge in [0.25, 0.3) is 0 Å². The highest BCUT2D eigenvalue weighted by Gasteiger charge is 2.22. The number of aromatic nitrogens is 4.